The number of nitrogens with two attached hydrogens (primary N) is 1. The standard InChI is InChI=1S/C17H25N3O4/c1-11-13(15(21)22)9-12(18)10-14(11)19-5-7-20(8-6-19)16(23)24-17(2,3)4/h9-10H,5-8,18H2,1-4H3,(H,21,22). The van der Waals surface area contributed by atoms with Crippen LogP contribution in [-0.2, 0) is 4.74 Å². The molecule has 1 aromatic carbocycles. The molecule has 0 spiro atoms. The van der Waals surface area contributed by atoms with E-state index in [9.17, 15) is 14.7 Å². The Morgan fingerprint density at radius 3 is 2.25 bits per heavy atom. The number of hydrogen-bond donors (Lipinski definition) is 2. The van der Waals surface area contributed by atoms with Gasteiger partial charge in [-0.05, 0) is 45.4 Å². The third-order valence-corrected chi connectivity index (χ3v) is 3.91. The molecule has 2 rings (SSSR count). The molecular formula is C17H25N3O4. The van der Waals surface area contributed by atoms with Gasteiger partial charge in [0.05, 0.1) is 5.56 Å². The molecule has 1 aliphatic heterocycles. The van der Waals surface area contributed by atoms with Crippen molar-refractivity contribution < 1.29 is 19.4 Å². The van der Waals surface area contributed by atoms with Crippen LogP contribution in [0.2, 0.25) is 0 Å². The first-order valence-electron chi connectivity index (χ1n) is 7.95. The monoisotopic (exact) mass is 335 g/mol. The van der Waals surface area contributed by atoms with Gasteiger partial charge in [0.1, 0.15) is 5.60 Å². The van der Waals surface area contributed by atoms with Gasteiger partial charge < -0.3 is 25.4 Å². The quantitative estimate of drug-likeness (QED) is 0.805. The normalized spacial score (nSPS) is 15.3. The van der Waals surface area contributed by atoms with Gasteiger partial charge in [-0.15, -0.1) is 0 Å². The molecule has 0 aliphatic carbocycles. The number of carbonyl (C=O) groups excluding carboxylic acids is 1. The summed E-state index contributed by atoms with van der Waals surface area (Å²) < 4.78 is 5.38. The number of amides is 1. The Morgan fingerprint density at radius 1 is 1.17 bits per heavy atom. The van der Waals surface area contributed by atoms with Gasteiger partial charge in [0, 0.05) is 37.6 Å². The third-order valence-electron chi connectivity index (χ3n) is 3.91. The molecule has 1 fully saturated rings. The maximum absolute atomic E-state index is 12.1. The number of ether oxygens (including phenoxy) is 1. The molecule has 1 saturated heterocycles. The number of rotatable bonds is 2. The second-order valence-corrected chi connectivity index (χ2v) is 6.97. The Kier molecular flexibility index (Phi) is 4.91. The predicted octanol–water partition coefficient (Wildman–Crippen LogP) is 2.33. The lowest BCUT2D eigenvalue weighted by molar-refractivity contribution is 0.0240. The highest BCUT2D eigenvalue weighted by atomic mass is 16.6. The minimum absolute atomic E-state index is 0.208. The van der Waals surface area contributed by atoms with Crippen LogP contribution < -0.4 is 10.6 Å². The van der Waals surface area contributed by atoms with Crippen molar-refractivity contribution in [2.24, 2.45) is 0 Å². The lowest BCUT2D eigenvalue weighted by Gasteiger charge is -2.37. The summed E-state index contributed by atoms with van der Waals surface area (Å²) in [6.45, 7) is 9.53. The van der Waals surface area contributed by atoms with Crippen LogP contribution in [0.15, 0.2) is 12.1 Å². The first-order chi connectivity index (χ1) is 11.1. The maximum atomic E-state index is 12.1. The van der Waals surface area contributed by atoms with Crippen LogP contribution in [-0.4, -0.2) is 53.8 Å². The Balaban J connectivity index is 2.10. The lowest BCUT2D eigenvalue weighted by Crippen LogP contribution is -2.50. The summed E-state index contributed by atoms with van der Waals surface area (Å²) in [5.74, 6) is -0.992. The van der Waals surface area contributed by atoms with Crippen molar-refractivity contribution in [1.29, 1.82) is 0 Å². The van der Waals surface area contributed by atoms with Crippen molar-refractivity contribution in [3.8, 4) is 0 Å². The highest BCUT2D eigenvalue weighted by Gasteiger charge is 2.27. The van der Waals surface area contributed by atoms with Crippen LogP contribution in [0.25, 0.3) is 0 Å². The Morgan fingerprint density at radius 2 is 1.75 bits per heavy atom. The van der Waals surface area contributed by atoms with E-state index >= 15 is 0 Å². The van der Waals surface area contributed by atoms with Gasteiger partial charge in [0.2, 0.25) is 0 Å². The summed E-state index contributed by atoms with van der Waals surface area (Å²) in [4.78, 5) is 27.2. The zero-order chi connectivity index (χ0) is 18.1. The zero-order valence-corrected chi connectivity index (χ0v) is 14.6. The van der Waals surface area contributed by atoms with E-state index in [0.29, 0.717) is 37.4 Å². The molecule has 0 radical (unpaired) electrons. The maximum Gasteiger partial charge on any atom is 0.410 e. The molecule has 24 heavy (non-hydrogen) atoms. The first-order valence-corrected chi connectivity index (χ1v) is 7.95. The van der Waals surface area contributed by atoms with Crippen LogP contribution >= 0.6 is 0 Å². The average molecular weight is 335 g/mol. The van der Waals surface area contributed by atoms with Crippen LogP contribution in [0.3, 0.4) is 0 Å². The number of carbonyl (C=O) groups is 2. The molecular weight excluding hydrogens is 310 g/mol. The van der Waals surface area contributed by atoms with E-state index in [0.717, 1.165) is 5.69 Å². The number of nitrogen functional groups attached to an aromatic ring is 1. The number of hydrogen-bond acceptors (Lipinski definition) is 5. The van der Waals surface area contributed by atoms with Gasteiger partial charge in [-0.2, -0.15) is 0 Å². The predicted molar refractivity (Wildman–Crippen MR) is 92.6 cm³/mol. The lowest BCUT2D eigenvalue weighted by atomic mass is 10.0. The Hall–Kier alpha value is -2.44. The van der Waals surface area contributed by atoms with E-state index < -0.39 is 11.6 Å². The van der Waals surface area contributed by atoms with Crippen molar-refractivity contribution in [3.05, 3.63) is 23.3 Å². The minimum Gasteiger partial charge on any atom is -0.478 e. The van der Waals surface area contributed by atoms with Crippen LogP contribution in [0.5, 0.6) is 0 Å². The SMILES string of the molecule is Cc1c(C(=O)O)cc(N)cc1N1CCN(C(=O)OC(C)(C)C)CC1. The van der Waals surface area contributed by atoms with Gasteiger partial charge in [0.25, 0.3) is 0 Å². The number of nitrogens with zero attached hydrogens (tertiary/aromatic N) is 2. The van der Waals surface area contributed by atoms with Gasteiger partial charge in [-0.25, -0.2) is 9.59 Å². The Labute approximate surface area is 142 Å². The van der Waals surface area contributed by atoms with Crippen LogP contribution in [0.1, 0.15) is 36.7 Å². The van der Waals surface area contributed by atoms with E-state index in [2.05, 4.69) is 4.90 Å². The number of benzene rings is 1. The van der Waals surface area contributed by atoms with E-state index in [-0.39, 0.29) is 11.7 Å². The smallest absolute Gasteiger partial charge is 0.410 e. The van der Waals surface area contributed by atoms with Gasteiger partial charge in [-0.1, -0.05) is 0 Å². The molecule has 1 aromatic rings. The van der Waals surface area contributed by atoms with E-state index in [1.165, 1.54) is 6.07 Å². The minimum atomic E-state index is -0.992. The fraction of sp³-hybridized carbons (Fsp3) is 0.529. The number of aromatic carboxylic acids is 1. The number of carboxylic acids is 1. The fourth-order valence-electron chi connectivity index (χ4n) is 2.73. The molecule has 1 heterocycles. The number of carboxylic acid groups (broad SMARTS) is 1. The summed E-state index contributed by atoms with van der Waals surface area (Å²) >= 11 is 0. The van der Waals surface area contributed by atoms with Crippen molar-refractivity contribution in [2.75, 3.05) is 36.8 Å². The summed E-state index contributed by atoms with van der Waals surface area (Å²) in [6, 6.07) is 3.25. The van der Waals surface area contributed by atoms with Crippen molar-refractivity contribution in [3.63, 3.8) is 0 Å². The molecule has 132 valence electrons. The molecule has 0 atom stereocenters. The molecule has 1 amide bonds. The number of piperazine rings is 1. The molecule has 0 saturated carbocycles. The van der Waals surface area contributed by atoms with E-state index in [1.54, 1.807) is 17.9 Å². The third kappa shape index (κ3) is 4.10. The average Bonchev–Trinajstić information content (AvgIpc) is 2.47. The van der Waals surface area contributed by atoms with Gasteiger partial charge >= 0.3 is 12.1 Å². The van der Waals surface area contributed by atoms with E-state index in [1.807, 2.05) is 20.8 Å². The summed E-state index contributed by atoms with van der Waals surface area (Å²) in [5.41, 5.74) is 7.44. The summed E-state index contributed by atoms with van der Waals surface area (Å²) in [7, 11) is 0. The molecule has 7 nitrogen and oxygen atoms in total. The molecule has 1 aliphatic rings. The molecule has 7 heteroatoms. The van der Waals surface area contributed by atoms with Crippen molar-refractivity contribution >= 4 is 23.4 Å². The summed E-state index contributed by atoms with van der Waals surface area (Å²) in [5, 5.41) is 9.29. The fourth-order valence-corrected chi connectivity index (χ4v) is 2.73. The van der Waals surface area contributed by atoms with Crippen LogP contribution in [0.4, 0.5) is 16.2 Å². The van der Waals surface area contributed by atoms with Gasteiger partial charge in [0.15, 0.2) is 0 Å². The van der Waals surface area contributed by atoms with Gasteiger partial charge in [-0.3, -0.25) is 0 Å². The molecule has 3 N–H and O–H groups in total. The zero-order valence-electron chi connectivity index (χ0n) is 14.6. The molecule has 0 unspecified atom stereocenters. The highest BCUT2D eigenvalue weighted by Crippen LogP contribution is 2.28. The van der Waals surface area contributed by atoms with E-state index in [4.69, 9.17) is 10.5 Å². The highest BCUT2D eigenvalue weighted by molar-refractivity contribution is 5.93. The number of anilines is 2. The first kappa shape index (κ1) is 17.9. The van der Waals surface area contributed by atoms with Crippen molar-refractivity contribution in [1.82, 2.24) is 4.90 Å². The largest absolute Gasteiger partial charge is 0.478 e. The van der Waals surface area contributed by atoms with Crippen molar-refractivity contribution in [2.45, 2.75) is 33.3 Å². The summed E-state index contributed by atoms with van der Waals surface area (Å²) in [6.07, 6.45) is -0.322. The molecule has 0 bridgehead atoms. The van der Waals surface area contributed by atoms with Crippen LogP contribution in [0, 0.1) is 6.92 Å². The topological polar surface area (TPSA) is 96.1 Å². The molecule has 0 aromatic heterocycles. The Bertz CT molecular complexity index is 644. The second-order valence-electron chi connectivity index (χ2n) is 6.97. The second kappa shape index (κ2) is 6.59.